The number of hydrogen-bond acceptors (Lipinski definition) is 7. The molecule has 2 aromatic rings. The number of benzene rings is 1. The van der Waals surface area contributed by atoms with E-state index in [2.05, 4.69) is 76.9 Å². The Bertz CT molecular complexity index is 1060. The van der Waals surface area contributed by atoms with E-state index in [1.165, 1.54) is 18.1 Å². The molecule has 1 aliphatic rings. The SMILES string of the molecule is BC(B)(B)OC(C)(C)c1ccc(CNc2ncnc3c2SC(=N)/C3=C(/C)C(C)=N)cc1. The molecule has 3 N–H and O–H groups in total. The van der Waals surface area contributed by atoms with Crippen molar-refractivity contribution in [1.29, 1.82) is 10.8 Å². The number of ether oxygens (including phenoxy) is 1. The summed E-state index contributed by atoms with van der Waals surface area (Å²) in [5, 5.41) is 19.9. The molecule has 10 heteroatoms. The smallest absolute Gasteiger partial charge is 0.144 e. The molecule has 1 aromatic carbocycles. The van der Waals surface area contributed by atoms with Crippen molar-refractivity contribution < 1.29 is 4.74 Å². The van der Waals surface area contributed by atoms with Gasteiger partial charge in [-0.1, -0.05) is 36.0 Å². The van der Waals surface area contributed by atoms with Gasteiger partial charge in [0.15, 0.2) is 0 Å². The zero-order valence-corrected chi connectivity index (χ0v) is 20.1. The first-order valence-corrected chi connectivity index (χ1v) is 11.1. The van der Waals surface area contributed by atoms with Crippen molar-refractivity contribution in [3.05, 3.63) is 53.0 Å². The maximum absolute atomic E-state index is 8.35. The van der Waals surface area contributed by atoms with Gasteiger partial charge in [-0.25, -0.2) is 9.97 Å². The summed E-state index contributed by atoms with van der Waals surface area (Å²) in [4.78, 5) is 9.64. The normalized spacial score (nSPS) is 15.5. The Morgan fingerprint density at radius 2 is 1.77 bits per heavy atom. The van der Waals surface area contributed by atoms with Crippen LogP contribution in [0.5, 0.6) is 0 Å². The number of anilines is 1. The molecule has 1 aliphatic heterocycles. The van der Waals surface area contributed by atoms with Crippen molar-refractivity contribution >= 4 is 57.4 Å². The highest BCUT2D eigenvalue weighted by molar-refractivity contribution is 8.15. The van der Waals surface area contributed by atoms with Crippen LogP contribution in [0.15, 0.2) is 41.1 Å². The van der Waals surface area contributed by atoms with Crippen LogP contribution in [0.4, 0.5) is 5.82 Å². The minimum absolute atomic E-state index is 0.218. The van der Waals surface area contributed by atoms with Crippen LogP contribution in [0.2, 0.25) is 0 Å². The number of nitrogens with one attached hydrogen (secondary N) is 3. The van der Waals surface area contributed by atoms with Gasteiger partial charge in [0.25, 0.3) is 0 Å². The minimum atomic E-state index is -0.373. The molecule has 31 heavy (non-hydrogen) atoms. The molecule has 0 amide bonds. The predicted octanol–water partition coefficient (Wildman–Crippen LogP) is 1.75. The third-order valence-corrected chi connectivity index (χ3v) is 6.08. The standard InChI is InChI=1S/C21H28B3N5OS/c1-11(12(2)25)15-16-17(31-18(15)26)19(29-10-28-16)27-9-13-5-7-14(8-6-13)20(3,4)30-21(22,23)24/h5-8,10,25-26H,9,22-24H2,1-4H3,(H,27,28,29)/b15-11-,25-12?,26-18?. The monoisotopic (exact) mass is 431 g/mol. The topological polar surface area (TPSA) is 94.7 Å². The number of rotatable bonds is 7. The number of thioether (sulfide) groups is 1. The van der Waals surface area contributed by atoms with Crippen LogP contribution in [0.25, 0.3) is 5.57 Å². The maximum Gasteiger partial charge on any atom is 0.144 e. The van der Waals surface area contributed by atoms with Crippen LogP contribution < -0.4 is 5.32 Å². The van der Waals surface area contributed by atoms with Gasteiger partial charge in [0.05, 0.1) is 16.2 Å². The fourth-order valence-corrected chi connectivity index (χ4v) is 4.63. The van der Waals surface area contributed by atoms with E-state index in [-0.39, 0.29) is 10.9 Å². The van der Waals surface area contributed by atoms with Crippen molar-refractivity contribution in [2.45, 2.75) is 50.0 Å². The van der Waals surface area contributed by atoms with Crippen LogP contribution in [0, 0.1) is 10.8 Å². The lowest BCUT2D eigenvalue weighted by atomic mass is 9.52. The van der Waals surface area contributed by atoms with Crippen LogP contribution in [-0.2, 0) is 16.9 Å². The molecule has 158 valence electrons. The highest BCUT2D eigenvalue weighted by Crippen LogP contribution is 2.44. The fourth-order valence-electron chi connectivity index (χ4n) is 3.60. The first-order valence-electron chi connectivity index (χ1n) is 10.3. The van der Waals surface area contributed by atoms with Crippen LogP contribution in [0.1, 0.15) is 44.5 Å². The van der Waals surface area contributed by atoms with Gasteiger partial charge in [-0.2, -0.15) is 0 Å². The molecule has 0 radical (unpaired) electrons. The van der Waals surface area contributed by atoms with Gasteiger partial charge in [-0.15, -0.1) is 0 Å². The quantitative estimate of drug-likeness (QED) is 0.459. The van der Waals surface area contributed by atoms with Crippen molar-refractivity contribution in [2.75, 3.05) is 5.32 Å². The van der Waals surface area contributed by atoms with E-state index in [1.807, 2.05) is 6.92 Å². The predicted molar refractivity (Wildman–Crippen MR) is 138 cm³/mol. The van der Waals surface area contributed by atoms with Crippen molar-refractivity contribution in [2.24, 2.45) is 0 Å². The van der Waals surface area contributed by atoms with Crippen LogP contribution >= 0.6 is 11.8 Å². The molecule has 0 spiro atoms. The van der Waals surface area contributed by atoms with Gasteiger partial charge >= 0.3 is 0 Å². The molecule has 0 aliphatic carbocycles. The highest BCUT2D eigenvalue weighted by atomic mass is 32.2. The zero-order chi connectivity index (χ0) is 23.0. The lowest BCUT2D eigenvalue weighted by Gasteiger charge is -2.35. The third kappa shape index (κ3) is 5.30. The second kappa shape index (κ2) is 8.67. The number of hydrogen-bond donors (Lipinski definition) is 3. The third-order valence-electron chi connectivity index (χ3n) is 5.08. The number of nitrogens with zero attached hydrogens (tertiary/aromatic N) is 2. The average molecular weight is 431 g/mol. The Hall–Kier alpha value is -2.32. The van der Waals surface area contributed by atoms with E-state index in [1.54, 1.807) is 6.92 Å². The maximum atomic E-state index is 8.35. The van der Waals surface area contributed by atoms with Crippen molar-refractivity contribution in [3.8, 4) is 0 Å². The molecule has 0 saturated heterocycles. The number of allylic oxidation sites excluding steroid dienone is 1. The zero-order valence-electron chi connectivity index (χ0n) is 19.3. The van der Waals surface area contributed by atoms with E-state index in [0.29, 0.717) is 23.1 Å². The summed E-state index contributed by atoms with van der Waals surface area (Å²) in [7, 11) is 6.20. The first kappa shape index (κ1) is 23.4. The second-order valence-electron chi connectivity index (χ2n) is 9.23. The molecule has 0 bridgehead atoms. The summed E-state index contributed by atoms with van der Waals surface area (Å²) in [5.74, 6) is 0.714. The van der Waals surface area contributed by atoms with E-state index in [4.69, 9.17) is 15.6 Å². The fraction of sp³-hybridized carbons (Fsp3) is 0.333. The second-order valence-corrected chi connectivity index (χ2v) is 10.3. The van der Waals surface area contributed by atoms with E-state index < -0.39 is 0 Å². The molecular formula is C21H28B3N5OS. The van der Waals surface area contributed by atoms with Gasteiger partial charge in [0.1, 0.15) is 40.7 Å². The van der Waals surface area contributed by atoms with Gasteiger partial charge in [-0.3, -0.25) is 5.41 Å². The number of fused-ring (bicyclic) bond motifs is 1. The summed E-state index contributed by atoms with van der Waals surface area (Å²) < 4.78 is 6.21. The average Bonchev–Trinajstić information content (AvgIpc) is 3.00. The van der Waals surface area contributed by atoms with E-state index >= 15 is 0 Å². The highest BCUT2D eigenvalue weighted by Gasteiger charge is 2.30. The molecule has 2 heterocycles. The van der Waals surface area contributed by atoms with E-state index in [0.717, 1.165) is 32.9 Å². The lowest BCUT2D eigenvalue weighted by molar-refractivity contribution is -0.0286. The Balaban J connectivity index is 1.77. The molecule has 0 unspecified atom stereocenters. The number of aromatic nitrogens is 2. The summed E-state index contributed by atoms with van der Waals surface area (Å²) >= 11 is 1.34. The summed E-state index contributed by atoms with van der Waals surface area (Å²) in [5.41, 5.74) is 4.56. The first-order chi connectivity index (χ1) is 14.4. The van der Waals surface area contributed by atoms with E-state index in [9.17, 15) is 0 Å². The van der Waals surface area contributed by atoms with Gasteiger partial charge < -0.3 is 15.5 Å². The molecule has 3 rings (SSSR count). The molecule has 0 fully saturated rings. The Morgan fingerprint density at radius 3 is 2.35 bits per heavy atom. The molecule has 1 aromatic heterocycles. The molecular weight excluding hydrogens is 403 g/mol. The molecule has 6 nitrogen and oxygen atoms in total. The van der Waals surface area contributed by atoms with Gasteiger partial charge in [0.2, 0.25) is 0 Å². The summed E-state index contributed by atoms with van der Waals surface area (Å²) in [6.07, 6.45) is 1.52. The Labute approximate surface area is 191 Å². The van der Waals surface area contributed by atoms with Gasteiger partial charge in [0, 0.05) is 17.8 Å². The van der Waals surface area contributed by atoms with Crippen LogP contribution in [-0.4, -0.2) is 49.6 Å². The summed E-state index contributed by atoms with van der Waals surface area (Å²) in [6, 6.07) is 8.41. The van der Waals surface area contributed by atoms with Crippen LogP contribution in [0.3, 0.4) is 0 Å². The molecule has 0 atom stereocenters. The Kier molecular flexibility index (Phi) is 6.53. The van der Waals surface area contributed by atoms with Gasteiger partial charge in [-0.05, 0) is 49.7 Å². The molecule has 0 saturated carbocycles. The lowest BCUT2D eigenvalue weighted by Crippen LogP contribution is -2.41. The Morgan fingerprint density at radius 1 is 1.13 bits per heavy atom. The van der Waals surface area contributed by atoms with Crippen molar-refractivity contribution in [3.63, 3.8) is 0 Å². The van der Waals surface area contributed by atoms with Crippen molar-refractivity contribution in [1.82, 2.24) is 9.97 Å². The minimum Gasteiger partial charge on any atom is -0.390 e. The largest absolute Gasteiger partial charge is 0.390 e. The summed E-state index contributed by atoms with van der Waals surface area (Å²) in [6.45, 7) is 8.38.